The minimum Gasteiger partial charge on any atom is -0.340 e. The van der Waals surface area contributed by atoms with Gasteiger partial charge in [-0.05, 0) is 34.9 Å². The van der Waals surface area contributed by atoms with Gasteiger partial charge < -0.3 is 4.57 Å². The van der Waals surface area contributed by atoms with E-state index in [-0.39, 0.29) is 0 Å². The second-order valence-corrected chi connectivity index (χ2v) is 11.1. The summed E-state index contributed by atoms with van der Waals surface area (Å²) in [6, 6.07) is 26.6. The second kappa shape index (κ2) is 9.52. The maximum atomic E-state index is 2.49. The molecule has 1 aromatic heterocycles. The topological polar surface area (TPSA) is 7.94 Å². The minimum atomic E-state index is 0.576. The lowest BCUT2D eigenvalue weighted by Crippen LogP contribution is -2.19. The van der Waals surface area contributed by atoms with Crippen LogP contribution in [0.4, 0.5) is 5.69 Å². The predicted octanol–water partition coefficient (Wildman–Crippen LogP) is 8.02. The second-order valence-electron chi connectivity index (χ2n) is 11.1. The first kappa shape index (κ1) is 23.5. The molecule has 4 aromatic carbocycles. The molecule has 0 saturated heterocycles. The Hall–Kier alpha value is -3.91. The Kier molecular flexibility index (Phi) is 6.04. The van der Waals surface area contributed by atoms with Crippen LogP contribution in [-0.4, -0.2) is 21.4 Å². The fourth-order valence-electron chi connectivity index (χ4n) is 5.91. The zero-order valence-corrected chi connectivity index (χ0v) is 22.3. The Labute approximate surface area is 219 Å². The van der Waals surface area contributed by atoms with Gasteiger partial charge in [-0.15, -0.1) is 0 Å². The van der Waals surface area contributed by atoms with Crippen molar-refractivity contribution in [3.63, 3.8) is 0 Å². The first-order valence-corrected chi connectivity index (χ1v) is 13.5. The molecule has 0 amide bonds. The molecule has 0 N–H and O–H groups in total. The number of hydrogen-bond acceptors (Lipinski definition) is 0. The van der Waals surface area contributed by atoms with E-state index in [0.29, 0.717) is 11.8 Å². The third kappa shape index (κ3) is 4.11. The van der Waals surface area contributed by atoms with Gasteiger partial charge in [0.15, 0.2) is 6.54 Å². The summed E-state index contributed by atoms with van der Waals surface area (Å²) in [4.78, 5) is 0. The molecule has 2 heteroatoms. The molecule has 0 fully saturated rings. The van der Waals surface area contributed by atoms with Crippen LogP contribution in [0.25, 0.3) is 38.5 Å². The van der Waals surface area contributed by atoms with Crippen LogP contribution >= 0.6 is 0 Å². The van der Waals surface area contributed by atoms with Crippen molar-refractivity contribution in [2.45, 2.75) is 34.2 Å². The van der Waals surface area contributed by atoms with Crippen LogP contribution in [-0.2, 0) is 6.54 Å². The molecule has 0 bridgehead atoms. The van der Waals surface area contributed by atoms with Crippen LogP contribution in [0.2, 0.25) is 0 Å². The van der Waals surface area contributed by atoms with Crippen LogP contribution in [0.1, 0.15) is 33.3 Å². The van der Waals surface area contributed by atoms with Crippen molar-refractivity contribution in [1.29, 1.82) is 0 Å². The number of aromatic nitrogens is 1. The van der Waals surface area contributed by atoms with Gasteiger partial charge in [0.25, 0.3) is 0 Å². The first-order chi connectivity index (χ1) is 18.0. The molecule has 0 radical (unpaired) electrons. The van der Waals surface area contributed by atoms with Gasteiger partial charge in [0, 0.05) is 46.2 Å². The van der Waals surface area contributed by atoms with Crippen molar-refractivity contribution >= 4 is 49.9 Å². The highest BCUT2D eigenvalue weighted by molar-refractivity contribution is 6.19. The van der Waals surface area contributed by atoms with Crippen molar-refractivity contribution < 1.29 is 4.58 Å². The van der Waals surface area contributed by atoms with Gasteiger partial charge in [-0.3, -0.25) is 0 Å². The quantitative estimate of drug-likeness (QED) is 0.164. The Morgan fingerprint density at radius 1 is 0.730 bits per heavy atom. The largest absolute Gasteiger partial charge is 0.340 e. The highest BCUT2D eigenvalue weighted by Gasteiger charge is 2.30. The van der Waals surface area contributed by atoms with Crippen molar-refractivity contribution in [1.82, 2.24) is 4.57 Å². The number of hydrogen-bond donors (Lipinski definition) is 0. The molecule has 0 spiro atoms. The number of benzene rings is 4. The highest BCUT2D eigenvalue weighted by Crippen LogP contribution is 2.35. The lowest BCUT2D eigenvalue weighted by Gasteiger charge is -2.09. The summed E-state index contributed by atoms with van der Waals surface area (Å²) in [5.74, 6) is 1.15. The first-order valence-electron chi connectivity index (χ1n) is 13.5. The van der Waals surface area contributed by atoms with Crippen LogP contribution in [0.5, 0.6) is 0 Å². The third-order valence-electron chi connectivity index (χ3n) is 7.31. The molecule has 0 saturated carbocycles. The summed E-state index contributed by atoms with van der Waals surface area (Å²) < 4.78 is 4.98. The smallest absolute Gasteiger partial charge is 0.214 e. The van der Waals surface area contributed by atoms with E-state index in [1.165, 1.54) is 54.8 Å². The summed E-state index contributed by atoms with van der Waals surface area (Å²) in [6.45, 7) is 11.2. The highest BCUT2D eigenvalue weighted by atomic mass is 15.0. The summed E-state index contributed by atoms with van der Waals surface area (Å²) in [5, 5.41) is 7.99. The normalized spacial score (nSPS) is 14.5. The molecule has 6 rings (SSSR count). The van der Waals surface area contributed by atoms with E-state index in [0.717, 1.165) is 13.1 Å². The fraction of sp³-hybridized carbons (Fsp3) is 0.229. The average molecular weight is 484 g/mol. The van der Waals surface area contributed by atoms with Crippen LogP contribution < -0.4 is 5.35 Å². The minimum absolute atomic E-state index is 0.576. The molecule has 1 aliphatic heterocycles. The molecule has 2 nitrogen and oxygen atoms in total. The van der Waals surface area contributed by atoms with Crippen LogP contribution in [0.3, 0.4) is 0 Å². The van der Waals surface area contributed by atoms with Crippen molar-refractivity contribution in [2.24, 2.45) is 11.8 Å². The molecule has 37 heavy (non-hydrogen) atoms. The van der Waals surface area contributed by atoms with Gasteiger partial charge >= 0.3 is 0 Å². The summed E-state index contributed by atoms with van der Waals surface area (Å²) in [6.07, 6.45) is 11.1. The Balaban J connectivity index is 1.40. The van der Waals surface area contributed by atoms with E-state index in [1.54, 1.807) is 0 Å². The predicted molar refractivity (Wildman–Crippen MR) is 160 cm³/mol. The zero-order valence-electron chi connectivity index (χ0n) is 22.3. The molecule has 0 atom stereocenters. The van der Waals surface area contributed by atoms with Gasteiger partial charge in [0.05, 0.1) is 10.9 Å². The zero-order chi connectivity index (χ0) is 25.5. The summed E-state index contributed by atoms with van der Waals surface area (Å²) in [7, 11) is 0. The van der Waals surface area contributed by atoms with Crippen molar-refractivity contribution in [3.05, 3.63) is 108 Å². The molecular formula is C35H35N2+. The van der Waals surface area contributed by atoms with Crippen LogP contribution in [0, 0.1) is 11.8 Å². The number of allylic oxidation sites excluding steroid dienone is 4. The monoisotopic (exact) mass is 483 g/mol. The van der Waals surface area contributed by atoms with E-state index in [4.69, 9.17) is 0 Å². The van der Waals surface area contributed by atoms with Gasteiger partial charge in [-0.1, -0.05) is 101 Å². The van der Waals surface area contributed by atoms with Gasteiger partial charge in [0.1, 0.15) is 0 Å². The Morgan fingerprint density at radius 3 is 2.19 bits per heavy atom. The van der Waals surface area contributed by atoms with E-state index < -0.39 is 0 Å². The summed E-state index contributed by atoms with van der Waals surface area (Å²) >= 11 is 0. The molecule has 5 aromatic rings. The Morgan fingerprint density at radius 2 is 1.43 bits per heavy atom. The standard InChI is InChI=1S/C35H35N2/c1-24(2)22-36-30(28-16-8-12-26-14-10-20-32(36)34(26)28)18-6-5-7-19-31-29-17-9-13-27-15-11-21-33(35(27)29)37(31)23-25(3)4/h5-21,24-25H,22-23H2,1-4H3/q+1. The average Bonchev–Trinajstić information content (AvgIpc) is 3.34. The molecule has 1 aliphatic rings. The molecule has 2 heterocycles. The molecular weight excluding hydrogens is 448 g/mol. The summed E-state index contributed by atoms with van der Waals surface area (Å²) in [5.41, 5.74) is 5.28. The van der Waals surface area contributed by atoms with E-state index in [9.17, 15) is 0 Å². The lowest BCUT2D eigenvalue weighted by atomic mass is 10.0. The van der Waals surface area contributed by atoms with E-state index >= 15 is 0 Å². The van der Waals surface area contributed by atoms with Gasteiger partial charge in [0.2, 0.25) is 11.4 Å². The lowest BCUT2D eigenvalue weighted by molar-refractivity contribution is -0.442. The van der Waals surface area contributed by atoms with Crippen molar-refractivity contribution in [2.75, 3.05) is 6.54 Å². The fourth-order valence-corrected chi connectivity index (χ4v) is 5.91. The van der Waals surface area contributed by atoms with Crippen LogP contribution in [0.15, 0.2) is 97.1 Å². The molecule has 0 unspecified atom stereocenters. The molecule has 0 aliphatic carbocycles. The number of rotatable bonds is 7. The third-order valence-corrected chi connectivity index (χ3v) is 7.31. The maximum Gasteiger partial charge on any atom is 0.214 e. The van der Waals surface area contributed by atoms with Gasteiger partial charge in [-0.2, -0.15) is 4.58 Å². The molecule has 184 valence electrons. The maximum absolute atomic E-state index is 2.49. The van der Waals surface area contributed by atoms with Crippen molar-refractivity contribution in [3.8, 4) is 0 Å². The van der Waals surface area contributed by atoms with E-state index in [2.05, 4.69) is 140 Å². The number of nitrogens with zero attached hydrogens (tertiary/aromatic N) is 2. The Bertz CT molecular complexity index is 1760. The van der Waals surface area contributed by atoms with E-state index in [1.807, 2.05) is 0 Å². The van der Waals surface area contributed by atoms with Gasteiger partial charge in [-0.25, -0.2) is 0 Å². The SMILES string of the molecule is CC(C)Cn1/c(=C/C=C/C=C/C2=[N+](CC(C)C)c3cccc4cccc2c34)c2cccc3cccc1c32.